The van der Waals surface area contributed by atoms with Gasteiger partial charge in [0.1, 0.15) is 0 Å². The number of hydrogen-bond acceptors (Lipinski definition) is 3. The molecule has 5 rings (SSSR count). The summed E-state index contributed by atoms with van der Waals surface area (Å²) in [6.07, 6.45) is 20.2. The maximum absolute atomic E-state index is 15.1. The molecule has 5 aliphatic carbocycles. The van der Waals surface area contributed by atoms with Gasteiger partial charge in [-0.2, -0.15) is 0 Å². The van der Waals surface area contributed by atoms with E-state index in [9.17, 15) is 0 Å². The van der Waals surface area contributed by atoms with Crippen LogP contribution < -0.4 is 0 Å². The maximum Gasteiger partial charge on any atom is 0.408 e. The van der Waals surface area contributed by atoms with Crippen molar-refractivity contribution in [2.24, 2.45) is 64.1 Å². The summed E-state index contributed by atoms with van der Waals surface area (Å²) in [5, 5.41) is 0. The third-order valence-electron chi connectivity index (χ3n) is 15.3. The SMILES string of the molecule is CC(C)CCC[C@@H](C)[C@H]1CC[C@H]2[C@@H]3CC=C4CC(OP(=O)(O[C@@H]5C[C@H](C)CC[C@H]5C(C)C)N(C)CC[N+](C)(C)C)CC[C@]4(C)[C@H]3CC[C@]12C. The van der Waals surface area contributed by atoms with Crippen LogP contribution in [0.5, 0.6) is 0 Å². The van der Waals surface area contributed by atoms with Crippen molar-refractivity contribution in [3.05, 3.63) is 11.6 Å². The molecule has 0 amide bonds. The predicted molar refractivity (Wildman–Crippen MR) is 207 cm³/mol. The predicted octanol–water partition coefficient (Wildman–Crippen LogP) is 11.6. The number of nitrogens with zero attached hydrogens (tertiary/aromatic N) is 2. The largest absolute Gasteiger partial charge is 0.408 e. The third kappa shape index (κ3) is 8.79. The average Bonchev–Trinajstić information content (AvgIpc) is 3.36. The maximum atomic E-state index is 15.1. The monoisotopic (exact) mass is 704 g/mol. The fraction of sp³-hybridized carbons (Fsp3) is 0.953. The van der Waals surface area contributed by atoms with Gasteiger partial charge in [-0.3, -0.25) is 9.05 Å². The molecule has 49 heavy (non-hydrogen) atoms. The van der Waals surface area contributed by atoms with E-state index in [0.29, 0.717) is 29.7 Å². The number of rotatable bonds is 14. The first-order valence-electron chi connectivity index (χ1n) is 21.0. The van der Waals surface area contributed by atoms with Crippen molar-refractivity contribution in [1.82, 2.24) is 4.67 Å². The minimum absolute atomic E-state index is 0.00520. The molecule has 5 nitrogen and oxygen atoms in total. The molecule has 6 heteroatoms. The zero-order valence-electron chi connectivity index (χ0n) is 34.3. The Morgan fingerprint density at radius 1 is 0.939 bits per heavy atom. The van der Waals surface area contributed by atoms with E-state index < -0.39 is 7.75 Å². The van der Waals surface area contributed by atoms with Crippen LogP contribution in [0.4, 0.5) is 0 Å². The van der Waals surface area contributed by atoms with E-state index in [1.165, 1.54) is 57.8 Å². The molecule has 0 saturated heterocycles. The molecular formula is C43H80N2O3P+. The minimum atomic E-state index is -3.49. The Hall–Kier alpha value is -0.190. The zero-order valence-corrected chi connectivity index (χ0v) is 35.2. The van der Waals surface area contributed by atoms with Crippen LogP contribution in [0.3, 0.4) is 0 Å². The van der Waals surface area contributed by atoms with Gasteiger partial charge in [0.25, 0.3) is 0 Å². The molecule has 0 aromatic carbocycles. The van der Waals surface area contributed by atoms with Gasteiger partial charge < -0.3 is 4.48 Å². The summed E-state index contributed by atoms with van der Waals surface area (Å²) in [5.74, 6) is 6.62. The molecule has 0 aromatic heterocycles. The average molecular weight is 704 g/mol. The Kier molecular flexibility index (Phi) is 12.8. The van der Waals surface area contributed by atoms with E-state index >= 15 is 4.57 Å². The van der Waals surface area contributed by atoms with E-state index in [2.05, 4.69) is 82.6 Å². The van der Waals surface area contributed by atoms with Crippen molar-refractivity contribution >= 4 is 7.75 Å². The van der Waals surface area contributed by atoms with Gasteiger partial charge in [0.15, 0.2) is 0 Å². The van der Waals surface area contributed by atoms with Crippen molar-refractivity contribution in [2.75, 3.05) is 41.3 Å². The van der Waals surface area contributed by atoms with Gasteiger partial charge in [-0.15, -0.1) is 0 Å². The first kappa shape index (κ1) is 40.0. The summed E-state index contributed by atoms with van der Waals surface area (Å²) < 4.78 is 31.6. The lowest BCUT2D eigenvalue weighted by Gasteiger charge is -2.58. The molecule has 4 saturated carbocycles. The summed E-state index contributed by atoms with van der Waals surface area (Å²) in [7, 11) is 5.11. The van der Waals surface area contributed by atoms with Crippen LogP contribution in [0.25, 0.3) is 0 Å². The van der Waals surface area contributed by atoms with Crippen LogP contribution in [0.1, 0.15) is 145 Å². The number of hydrogen-bond donors (Lipinski definition) is 0. The molecular weight excluding hydrogens is 623 g/mol. The van der Waals surface area contributed by atoms with Gasteiger partial charge in [-0.25, -0.2) is 9.24 Å². The Morgan fingerprint density at radius 3 is 2.35 bits per heavy atom. The number of quaternary nitrogens is 1. The van der Waals surface area contributed by atoms with Crippen LogP contribution in [0, 0.1) is 64.1 Å². The summed E-state index contributed by atoms with van der Waals surface area (Å²) >= 11 is 0. The first-order valence-corrected chi connectivity index (χ1v) is 22.5. The molecule has 12 atom stereocenters. The Morgan fingerprint density at radius 2 is 1.67 bits per heavy atom. The van der Waals surface area contributed by atoms with Crippen LogP contribution in [-0.2, 0) is 13.6 Å². The van der Waals surface area contributed by atoms with Gasteiger partial charge in [0.05, 0.1) is 46.4 Å². The second-order valence-electron chi connectivity index (χ2n) is 20.6. The van der Waals surface area contributed by atoms with E-state index in [1.54, 1.807) is 5.57 Å². The summed E-state index contributed by atoms with van der Waals surface area (Å²) in [5.41, 5.74) is 2.38. The Labute approximate surface area is 304 Å². The Bertz CT molecular complexity index is 1180. The fourth-order valence-corrected chi connectivity index (χ4v) is 13.9. The summed E-state index contributed by atoms with van der Waals surface area (Å²) in [6.45, 7) is 21.2. The minimum Gasteiger partial charge on any atom is -0.330 e. The molecule has 0 aromatic rings. The normalized spacial score (nSPS) is 40.1. The van der Waals surface area contributed by atoms with Crippen molar-refractivity contribution in [3.8, 4) is 0 Å². The molecule has 0 spiro atoms. The number of allylic oxidation sites excluding steroid dienone is 1. The zero-order chi connectivity index (χ0) is 35.9. The molecule has 284 valence electrons. The van der Waals surface area contributed by atoms with Gasteiger partial charge in [0.2, 0.25) is 0 Å². The highest BCUT2D eigenvalue weighted by Crippen LogP contribution is 2.68. The lowest BCUT2D eigenvalue weighted by molar-refractivity contribution is -0.869. The molecule has 0 radical (unpaired) electrons. The standard InChI is InChI=1S/C43H80N2O3P/c1-30(2)14-13-15-33(6)38-20-21-39-37-19-17-34-29-35(22-24-42(34,7)40(37)23-25-43(38,39)8)47-49(46,44(9)26-27-45(10,11)12)48-41-28-32(5)16-18-36(41)31(3)4/h17,30-33,35-41H,13-16,18-29H2,1-12H3/q+1/t32-,33-,35?,36+,37+,38-,39+,40+,41-,42+,43-,49?/m1/s1. The quantitative estimate of drug-likeness (QED) is 0.103. The lowest BCUT2D eigenvalue weighted by atomic mass is 9.47. The molecule has 2 unspecified atom stereocenters. The molecule has 0 N–H and O–H groups in total. The van der Waals surface area contributed by atoms with E-state index in [4.69, 9.17) is 9.05 Å². The topological polar surface area (TPSA) is 38.8 Å². The lowest BCUT2D eigenvalue weighted by Crippen LogP contribution is -2.51. The second kappa shape index (κ2) is 15.7. The van der Waals surface area contributed by atoms with Crippen molar-refractivity contribution < 1.29 is 18.1 Å². The van der Waals surface area contributed by atoms with Crippen molar-refractivity contribution in [3.63, 3.8) is 0 Å². The first-order chi connectivity index (χ1) is 22.9. The smallest absolute Gasteiger partial charge is 0.330 e. The highest BCUT2D eigenvalue weighted by molar-refractivity contribution is 7.51. The molecule has 4 fully saturated rings. The van der Waals surface area contributed by atoms with Crippen LogP contribution in [-0.4, -0.2) is 62.6 Å². The second-order valence-corrected chi connectivity index (χ2v) is 22.6. The van der Waals surface area contributed by atoms with Crippen LogP contribution >= 0.6 is 7.75 Å². The third-order valence-corrected chi connectivity index (χ3v) is 17.4. The summed E-state index contributed by atoms with van der Waals surface area (Å²) in [6, 6.07) is 0. The number of fused-ring (bicyclic) bond motifs is 5. The van der Waals surface area contributed by atoms with E-state index in [0.717, 1.165) is 78.6 Å². The van der Waals surface area contributed by atoms with Crippen molar-refractivity contribution in [2.45, 2.75) is 157 Å². The highest BCUT2D eigenvalue weighted by atomic mass is 31.2. The van der Waals surface area contributed by atoms with Gasteiger partial charge >= 0.3 is 7.75 Å². The van der Waals surface area contributed by atoms with Crippen molar-refractivity contribution in [1.29, 1.82) is 0 Å². The highest BCUT2D eigenvalue weighted by Gasteiger charge is 2.59. The van der Waals surface area contributed by atoms with Crippen LogP contribution in [0.2, 0.25) is 0 Å². The molecule has 0 bridgehead atoms. The van der Waals surface area contributed by atoms with Gasteiger partial charge in [-0.05, 0) is 135 Å². The molecule has 5 aliphatic rings. The van der Waals surface area contributed by atoms with E-state index in [-0.39, 0.29) is 17.6 Å². The van der Waals surface area contributed by atoms with Gasteiger partial charge in [-0.1, -0.05) is 92.7 Å². The van der Waals surface area contributed by atoms with E-state index in [1.807, 2.05) is 11.7 Å². The Balaban J connectivity index is 1.30. The summed E-state index contributed by atoms with van der Waals surface area (Å²) in [4.78, 5) is 0. The van der Waals surface area contributed by atoms with Gasteiger partial charge in [0, 0.05) is 0 Å². The number of likely N-dealkylation sites (N-methyl/N-ethyl adjacent to an activating group) is 2. The molecule has 0 aliphatic heterocycles. The van der Waals surface area contributed by atoms with Crippen LogP contribution in [0.15, 0.2) is 11.6 Å². The molecule has 0 heterocycles. The fourth-order valence-electron chi connectivity index (χ4n) is 12.1.